The van der Waals surface area contributed by atoms with Crippen LogP contribution in [0.1, 0.15) is 60.8 Å². The van der Waals surface area contributed by atoms with Gasteiger partial charge in [-0.1, -0.05) is 41.8 Å². The number of hydrogen-bond donors (Lipinski definition) is 0. The first kappa shape index (κ1) is 26.7. The Labute approximate surface area is 224 Å². The molecule has 0 saturated heterocycles. The van der Waals surface area contributed by atoms with Crippen molar-refractivity contribution in [2.45, 2.75) is 58.8 Å². The van der Waals surface area contributed by atoms with Crippen molar-refractivity contribution in [1.29, 1.82) is 0 Å². The molecular formula is C30H32Cl2Ti-2. The molecule has 0 atom stereocenters. The molecule has 0 aliphatic heterocycles. The van der Waals surface area contributed by atoms with Crippen LogP contribution in [0.15, 0.2) is 48.6 Å². The van der Waals surface area contributed by atoms with Gasteiger partial charge in [-0.05, 0) is 13.3 Å². The Bertz CT molecular complexity index is 960. The second kappa shape index (κ2) is 11.7. The van der Waals surface area contributed by atoms with Crippen LogP contribution in [0.5, 0.6) is 0 Å². The van der Waals surface area contributed by atoms with Crippen LogP contribution in [0.2, 0.25) is 0 Å². The molecule has 0 aromatic heterocycles. The molecule has 0 radical (unpaired) electrons. The van der Waals surface area contributed by atoms with Crippen LogP contribution < -0.4 is 24.8 Å². The molecule has 3 heteroatoms. The fourth-order valence-corrected chi connectivity index (χ4v) is 7.08. The second-order valence-corrected chi connectivity index (χ2v) is 11.1. The van der Waals surface area contributed by atoms with Gasteiger partial charge in [0.1, 0.15) is 0 Å². The number of benzene rings is 2. The molecule has 0 spiro atoms. The van der Waals surface area contributed by atoms with Crippen molar-refractivity contribution >= 4 is 3.81 Å². The van der Waals surface area contributed by atoms with Gasteiger partial charge in [-0.15, -0.1) is 12.0 Å². The fraction of sp³-hybridized carbons (Fsp3) is 0.433. The summed E-state index contributed by atoms with van der Waals surface area (Å²) in [5.74, 6) is 4.40. The third-order valence-corrected chi connectivity index (χ3v) is 8.97. The van der Waals surface area contributed by atoms with Gasteiger partial charge in [0.2, 0.25) is 0 Å². The Kier molecular flexibility index (Phi) is 9.44. The van der Waals surface area contributed by atoms with Gasteiger partial charge in [0.15, 0.2) is 0 Å². The summed E-state index contributed by atoms with van der Waals surface area (Å²) in [6, 6.07) is 14.5. The Morgan fingerprint density at radius 2 is 1.52 bits per heavy atom. The number of aryl methyl sites for hydroxylation is 2. The van der Waals surface area contributed by atoms with Crippen molar-refractivity contribution in [2.75, 3.05) is 0 Å². The average molecular weight is 511 g/mol. The van der Waals surface area contributed by atoms with Crippen LogP contribution in [0.25, 0.3) is 11.1 Å². The number of allylic oxidation sites excluding steroid dienone is 4. The van der Waals surface area contributed by atoms with Gasteiger partial charge in [0.05, 0.1) is 0 Å². The number of fused-ring (bicyclic) bond motifs is 3. The second-order valence-electron chi connectivity index (χ2n) is 10.2. The van der Waals surface area contributed by atoms with Crippen LogP contribution in [-0.4, -0.2) is 3.81 Å². The first-order chi connectivity index (χ1) is 15.1. The van der Waals surface area contributed by atoms with Crippen molar-refractivity contribution in [3.05, 3.63) is 83.0 Å². The topological polar surface area (TPSA) is 0 Å². The predicted octanol–water partition coefficient (Wildman–Crippen LogP) is 1.15. The summed E-state index contributed by atoms with van der Waals surface area (Å²) in [4.78, 5) is 0. The molecule has 8 rings (SSSR count). The van der Waals surface area contributed by atoms with Crippen molar-refractivity contribution in [3.63, 3.8) is 0 Å². The van der Waals surface area contributed by atoms with Crippen molar-refractivity contribution in [2.24, 2.45) is 23.7 Å². The molecule has 0 amide bonds. The number of hydrogen-bond acceptors (Lipinski definition) is 0. The Morgan fingerprint density at radius 3 is 2.09 bits per heavy atom. The molecule has 33 heavy (non-hydrogen) atoms. The normalized spacial score (nSPS) is 26.2. The summed E-state index contributed by atoms with van der Waals surface area (Å²) < 4.78 is 1.87. The first-order valence-corrected chi connectivity index (χ1v) is 12.8. The molecule has 4 saturated carbocycles. The molecule has 0 nitrogen and oxygen atoms in total. The molecule has 6 aliphatic rings. The van der Waals surface area contributed by atoms with E-state index >= 15 is 0 Å². The van der Waals surface area contributed by atoms with Crippen LogP contribution >= 0.6 is 0 Å². The van der Waals surface area contributed by atoms with Gasteiger partial charge in [-0.2, -0.15) is 35.4 Å². The fourth-order valence-electron chi connectivity index (χ4n) is 6.34. The molecule has 4 fully saturated rings. The minimum atomic E-state index is 0. The van der Waals surface area contributed by atoms with E-state index in [0.29, 0.717) is 0 Å². The van der Waals surface area contributed by atoms with E-state index < -0.39 is 0 Å². The van der Waals surface area contributed by atoms with Gasteiger partial charge in [0.25, 0.3) is 0 Å². The molecule has 0 heterocycles. The summed E-state index contributed by atoms with van der Waals surface area (Å²) in [6.07, 6.45) is 18.8. The monoisotopic (exact) mass is 510 g/mol. The van der Waals surface area contributed by atoms with Gasteiger partial charge in [0, 0.05) is 0 Å². The van der Waals surface area contributed by atoms with Crippen molar-refractivity contribution < 1.29 is 44.8 Å². The Hall–Kier alpha value is -0.916. The van der Waals surface area contributed by atoms with E-state index in [1.807, 2.05) is 16.0 Å². The number of rotatable bonds is 0. The van der Waals surface area contributed by atoms with Gasteiger partial charge < -0.3 is 24.8 Å². The van der Waals surface area contributed by atoms with E-state index in [-0.39, 0.29) is 24.8 Å². The van der Waals surface area contributed by atoms with E-state index in [1.165, 1.54) is 33.4 Å². The van der Waals surface area contributed by atoms with Crippen molar-refractivity contribution in [3.8, 4) is 11.1 Å². The molecule has 0 N–H and O–H groups in total. The quantitative estimate of drug-likeness (QED) is 0.314. The predicted molar refractivity (Wildman–Crippen MR) is 127 cm³/mol. The summed E-state index contributed by atoms with van der Waals surface area (Å²) in [5, 5.41) is 0. The molecule has 2 aromatic carbocycles. The van der Waals surface area contributed by atoms with E-state index in [0.717, 1.165) is 36.5 Å². The zero-order valence-electron chi connectivity index (χ0n) is 19.6. The Balaban J connectivity index is 0.000000150. The summed E-state index contributed by atoms with van der Waals surface area (Å²) >= 11 is 2.42. The first-order valence-electron chi connectivity index (χ1n) is 12.0. The summed E-state index contributed by atoms with van der Waals surface area (Å²) in [5.41, 5.74) is 8.21. The average Bonchev–Trinajstić information content (AvgIpc) is 3.44. The third-order valence-electron chi connectivity index (χ3n) is 7.70. The zero-order valence-corrected chi connectivity index (χ0v) is 22.7. The standard InChI is InChI=1S/C15H13.C10H14.C5H5.2ClH.Ti/c1-10-3-5-12-9-13-6-4-11(2)8-15(13)14(12)7-10;1-7-2-9-4-8(1)5-10(3-7)6-9;1-2-4-5-3-1;;;/h3-5,7-8H,9H2,1-2H3;7-10H,1-5H2;1-3H,4H2;2*1H;/q-1;;-1;;;+2/p-2. The van der Waals surface area contributed by atoms with Gasteiger partial charge >= 0.3 is 79.6 Å². The zero-order chi connectivity index (χ0) is 21.4. The number of halogens is 2. The Morgan fingerprint density at radius 1 is 0.848 bits per heavy atom. The maximum absolute atomic E-state index is 3.38. The molecule has 4 bridgehead atoms. The summed E-state index contributed by atoms with van der Waals surface area (Å²) in [7, 11) is 0. The SMILES string of the molecule is Cc1c[c-]c2c(c1)-c1cc(C)ccc1C2.[C-]1=CC=CC1.[Cl-].[Cl-].[Ti+2]=[C]1C2CC3CC(C2)CC1C3. The van der Waals surface area contributed by atoms with E-state index in [1.54, 1.807) is 32.1 Å². The van der Waals surface area contributed by atoms with E-state index in [4.69, 9.17) is 0 Å². The molecule has 2 aromatic rings. The van der Waals surface area contributed by atoms with Crippen LogP contribution in [0, 0.1) is 49.7 Å². The molecule has 6 aliphatic carbocycles. The van der Waals surface area contributed by atoms with Crippen molar-refractivity contribution in [1.82, 2.24) is 0 Å². The van der Waals surface area contributed by atoms with Crippen LogP contribution in [0.3, 0.4) is 0 Å². The molecule has 0 unspecified atom stereocenters. The summed E-state index contributed by atoms with van der Waals surface area (Å²) in [6.45, 7) is 4.28. The van der Waals surface area contributed by atoms with Crippen LogP contribution in [0.4, 0.5) is 0 Å². The van der Waals surface area contributed by atoms with Crippen LogP contribution in [-0.2, 0) is 26.4 Å². The molecular weight excluding hydrogens is 479 g/mol. The molecule has 172 valence electrons. The maximum atomic E-state index is 3.38. The van der Waals surface area contributed by atoms with Gasteiger partial charge in [-0.25, -0.2) is 12.2 Å². The van der Waals surface area contributed by atoms with E-state index in [9.17, 15) is 0 Å². The van der Waals surface area contributed by atoms with E-state index in [2.05, 4.69) is 82.4 Å². The third kappa shape index (κ3) is 6.02. The van der Waals surface area contributed by atoms with Gasteiger partial charge in [-0.3, -0.25) is 6.08 Å². The minimum absolute atomic E-state index is 0.